The van der Waals surface area contributed by atoms with Crippen molar-refractivity contribution in [1.82, 2.24) is 4.90 Å². The zero-order valence-corrected chi connectivity index (χ0v) is 6.03. The summed E-state index contributed by atoms with van der Waals surface area (Å²) >= 11 is 0. The molecule has 0 aliphatic carbocycles. The average Bonchev–Trinajstić information content (AvgIpc) is 1.84. The minimum absolute atomic E-state index is 0.646. The molecule has 4 nitrogen and oxygen atoms in total. The molecular weight excluding hydrogens is 128 g/mol. The molecule has 0 unspecified atom stereocenters. The van der Waals surface area contributed by atoms with Gasteiger partial charge in [0.1, 0.15) is 0 Å². The Kier molecular flexibility index (Phi) is 3.06. The number of azide groups is 1. The Balaban J connectivity index is 1.89. The third kappa shape index (κ3) is 2.25. The van der Waals surface area contributed by atoms with E-state index in [4.69, 9.17) is 5.53 Å². The number of hydrogen-bond acceptors (Lipinski definition) is 2. The van der Waals surface area contributed by atoms with Gasteiger partial charge in [-0.2, -0.15) is 0 Å². The number of nitrogens with zero attached hydrogens (tertiary/aromatic N) is 4. The maximum Gasteiger partial charge on any atom is 0.0270 e. The number of rotatable bonds is 4. The Labute approximate surface area is 60.5 Å². The molecule has 56 valence electrons. The number of hydrogen-bond donors (Lipinski definition) is 0. The Morgan fingerprint density at radius 3 is 2.80 bits per heavy atom. The quantitative estimate of drug-likeness (QED) is 0.252. The first-order chi connectivity index (χ1) is 4.93. The van der Waals surface area contributed by atoms with Gasteiger partial charge in [0.15, 0.2) is 0 Å². The Bertz CT molecular complexity index is 135. The minimum atomic E-state index is 0.646. The van der Waals surface area contributed by atoms with E-state index in [-0.39, 0.29) is 0 Å². The maximum absolute atomic E-state index is 7.95. The summed E-state index contributed by atoms with van der Waals surface area (Å²) in [6, 6.07) is 0. The van der Waals surface area contributed by atoms with Crippen molar-refractivity contribution in [3.05, 3.63) is 10.4 Å². The SMILES string of the molecule is [N-]=[N+]=NCCCN1CCC1. The van der Waals surface area contributed by atoms with Gasteiger partial charge in [-0.3, -0.25) is 0 Å². The van der Waals surface area contributed by atoms with E-state index in [0.29, 0.717) is 6.54 Å². The van der Waals surface area contributed by atoms with Crippen LogP contribution in [0.3, 0.4) is 0 Å². The first kappa shape index (κ1) is 7.38. The molecule has 1 rings (SSSR count). The molecule has 0 aromatic rings. The first-order valence-corrected chi connectivity index (χ1v) is 3.66. The van der Waals surface area contributed by atoms with Gasteiger partial charge in [0.25, 0.3) is 0 Å². The van der Waals surface area contributed by atoms with Crippen molar-refractivity contribution in [2.24, 2.45) is 5.11 Å². The van der Waals surface area contributed by atoms with Crippen LogP contribution >= 0.6 is 0 Å². The van der Waals surface area contributed by atoms with Gasteiger partial charge in [-0.25, -0.2) is 0 Å². The van der Waals surface area contributed by atoms with Crippen molar-refractivity contribution in [1.29, 1.82) is 0 Å². The van der Waals surface area contributed by atoms with Crippen LogP contribution in [0.4, 0.5) is 0 Å². The van der Waals surface area contributed by atoms with E-state index in [0.717, 1.165) is 13.0 Å². The third-order valence-corrected chi connectivity index (χ3v) is 1.74. The van der Waals surface area contributed by atoms with Gasteiger partial charge in [0.05, 0.1) is 0 Å². The molecule has 1 heterocycles. The van der Waals surface area contributed by atoms with E-state index in [1.54, 1.807) is 0 Å². The van der Waals surface area contributed by atoms with Crippen molar-refractivity contribution < 1.29 is 0 Å². The molecule has 0 atom stereocenters. The zero-order chi connectivity index (χ0) is 7.23. The molecule has 0 saturated carbocycles. The molecule has 1 saturated heterocycles. The predicted octanol–water partition coefficient (Wildman–Crippen LogP) is 1.39. The second-order valence-corrected chi connectivity index (χ2v) is 2.50. The molecule has 0 amide bonds. The van der Waals surface area contributed by atoms with Crippen LogP contribution < -0.4 is 0 Å². The van der Waals surface area contributed by atoms with Crippen LogP contribution in [0.15, 0.2) is 5.11 Å². The van der Waals surface area contributed by atoms with E-state index in [1.165, 1.54) is 19.5 Å². The van der Waals surface area contributed by atoms with Crippen molar-refractivity contribution in [2.75, 3.05) is 26.2 Å². The Morgan fingerprint density at radius 2 is 2.30 bits per heavy atom. The molecule has 0 radical (unpaired) electrons. The van der Waals surface area contributed by atoms with Gasteiger partial charge in [-0.05, 0) is 38.0 Å². The fourth-order valence-corrected chi connectivity index (χ4v) is 1.02. The summed E-state index contributed by atoms with van der Waals surface area (Å²) in [5, 5.41) is 3.46. The summed E-state index contributed by atoms with van der Waals surface area (Å²) in [6.45, 7) is 4.21. The monoisotopic (exact) mass is 140 g/mol. The molecule has 0 aromatic carbocycles. The van der Waals surface area contributed by atoms with Gasteiger partial charge in [0.2, 0.25) is 0 Å². The van der Waals surface area contributed by atoms with E-state index < -0.39 is 0 Å². The molecule has 1 aliphatic rings. The summed E-state index contributed by atoms with van der Waals surface area (Å²) in [4.78, 5) is 5.05. The smallest absolute Gasteiger partial charge is 0.0270 e. The lowest BCUT2D eigenvalue weighted by Gasteiger charge is -2.30. The van der Waals surface area contributed by atoms with Crippen LogP contribution in [0.25, 0.3) is 10.4 Å². The van der Waals surface area contributed by atoms with E-state index >= 15 is 0 Å². The van der Waals surface area contributed by atoms with E-state index in [9.17, 15) is 0 Å². The standard InChI is InChI=1S/C6H12N4/c7-9-8-3-1-4-10-5-2-6-10/h1-6H2. The highest BCUT2D eigenvalue weighted by Gasteiger charge is 2.11. The van der Waals surface area contributed by atoms with Crippen LogP contribution in [0.5, 0.6) is 0 Å². The summed E-state index contributed by atoms with van der Waals surface area (Å²) in [6.07, 6.45) is 2.34. The first-order valence-electron chi connectivity index (χ1n) is 3.66. The molecule has 1 fully saturated rings. The second kappa shape index (κ2) is 4.14. The highest BCUT2D eigenvalue weighted by Crippen LogP contribution is 2.05. The highest BCUT2D eigenvalue weighted by molar-refractivity contribution is 4.68. The fraction of sp³-hybridized carbons (Fsp3) is 1.00. The Morgan fingerprint density at radius 1 is 1.50 bits per heavy atom. The minimum Gasteiger partial charge on any atom is -0.303 e. The van der Waals surface area contributed by atoms with E-state index in [2.05, 4.69) is 14.9 Å². The largest absolute Gasteiger partial charge is 0.303 e. The van der Waals surface area contributed by atoms with Gasteiger partial charge in [-0.1, -0.05) is 5.11 Å². The van der Waals surface area contributed by atoms with Gasteiger partial charge >= 0.3 is 0 Å². The molecule has 10 heavy (non-hydrogen) atoms. The van der Waals surface area contributed by atoms with Crippen molar-refractivity contribution in [3.8, 4) is 0 Å². The lowest BCUT2D eigenvalue weighted by molar-refractivity contribution is 0.180. The topological polar surface area (TPSA) is 52.0 Å². The van der Waals surface area contributed by atoms with Crippen LogP contribution in [0.2, 0.25) is 0 Å². The highest BCUT2D eigenvalue weighted by atomic mass is 15.2. The van der Waals surface area contributed by atoms with Crippen molar-refractivity contribution >= 4 is 0 Å². The Hall–Kier alpha value is -0.730. The zero-order valence-electron chi connectivity index (χ0n) is 6.03. The molecule has 1 aliphatic heterocycles. The molecule has 0 N–H and O–H groups in total. The summed E-state index contributed by atoms with van der Waals surface area (Å²) < 4.78 is 0. The number of likely N-dealkylation sites (tertiary alicyclic amines) is 1. The lowest BCUT2D eigenvalue weighted by Crippen LogP contribution is -2.37. The fourth-order valence-electron chi connectivity index (χ4n) is 1.02. The van der Waals surface area contributed by atoms with Crippen molar-refractivity contribution in [2.45, 2.75) is 12.8 Å². The second-order valence-electron chi connectivity index (χ2n) is 2.50. The average molecular weight is 140 g/mol. The third-order valence-electron chi connectivity index (χ3n) is 1.74. The summed E-state index contributed by atoms with van der Waals surface area (Å²) in [5.41, 5.74) is 7.95. The molecule has 0 bridgehead atoms. The molecule has 0 aromatic heterocycles. The maximum atomic E-state index is 7.95. The predicted molar refractivity (Wildman–Crippen MR) is 39.7 cm³/mol. The summed E-state index contributed by atoms with van der Waals surface area (Å²) in [7, 11) is 0. The molecular formula is C6H12N4. The van der Waals surface area contributed by atoms with Gasteiger partial charge < -0.3 is 4.90 Å². The van der Waals surface area contributed by atoms with E-state index in [1.807, 2.05) is 0 Å². The summed E-state index contributed by atoms with van der Waals surface area (Å²) in [5.74, 6) is 0. The van der Waals surface area contributed by atoms with Gasteiger partial charge in [-0.15, -0.1) is 0 Å². The molecule has 4 heteroatoms. The van der Waals surface area contributed by atoms with Crippen LogP contribution in [-0.4, -0.2) is 31.1 Å². The van der Waals surface area contributed by atoms with Crippen molar-refractivity contribution in [3.63, 3.8) is 0 Å². The van der Waals surface area contributed by atoms with Crippen LogP contribution in [-0.2, 0) is 0 Å². The normalized spacial score (nSPS) is 17.6. The van der Waals surface area contributed by atoms with Crippen LogP contribution in [0.1, 0.15) is 12.8 Å². The lowest BCUT2D eigenvalue weighted by atomic mass is 10.2. The van der Waals surface area contributed by atoms with Crippen LogP contribution in [0, 0.1) is 0 Å². The van der Waals surface area contributed by atoms with Gasteiger partial charge in [0, 0.05) is 11.5 Å². The molecule has 0 spiro atoms.